The maximum atomic E-state index is 11.0. The average Bonchev–Trinajstić information content (AvgIpc) is 2.25. The SMILES string of the molecule is CC(CS(C)=O)NCc1ncncc1C(=O)O. The minimum atomic E-state index is -1.05. The molecule has 0 saturated carbocycles. The van der Waals surface area contributed by atoms with E-state index >= 15 is 0 Å². The molecular weight excluding hydrogens is 242 g/mol. The van der Waals surface area contributed by atoms with Gasteiger partial charge in [-0.1, -0.05) is 0 Å². The van der Waals surface area contributed by atoms with Gasteiger partial charge in [-0.15, -0.1) is 0 Å². The van der Waals surface area contributed by atoms with Crippen molar-refractivity contribution < 1.29 is 14.1 Å². The second kappa shape index (κ2) is 6.41. The predicted molar refractivity (Wildman–Crippen MR) is 64.2 cm³/mol. The van der Waals surface area contributed by atoms with Crippen molar-refractivity contribution in [2.75, 3.05) is 12.0 Å². The molecule has 6 nitrogen and oxygen atoms in total. The van der Waals surface area contributed by atoms with Gasteiger partial charge in [0.25, 0.3) is 0 Å². The molecule has 0 spiro atoms. The number of aromatic nitrogens is 2. The predicted octanol–water partition coefficient (Wildman–Crippen LogP) is 0.0314. The zero-order valence-corrected chi connectivity index (χ0v) is 10.5. The molecule has 17 heavy (non-hydrogen) atoms. The van der Waals surface area contributed by atoms with E-state index in [1.54, 1.807) is 6.26 Å². The quantitative estimate of drug-likeness (QED) is 0.747. The van der Waals surface area contributed by atoms with Crippen LogP contribution in [0.15, 0.2) is 12.5 Å². The topological polar surface area (TPSA) is 92.2 Å². The number of rotatable bonds is 6. The summed E-state index contributed by atoms with van der Waals surface area (Å²) in [5.41, 5.74) is 0.519. The summed E-state index contributed by atoms with van der Waals surface area (Å²) in [5, 5.41) is 12.0. The zero-order chi connectivity index (χ0) is 12.8. The average molecular weight is 257 g/mol. The standard InChI is InChI=1S/C10H15N3O3S/c1-7(5-17(2)16)12-4-9-8(10(14)15)3-11-6-13-9/h3,6-7,12H,4-5H2,1-2H3,(H,14,15). The lowest BCUT2D eigenvalue weighted by Gasteiger charge is -2.12. The van der Waals surface area contributed by atoms with Crippen LogP contribution in [0.1, 0.15) is 23.0 Å². The first-order chi connectivity index (χ1) is 8.00. The number of nitrogens with zero attached hydrogens (tertiary/aromatic N) is 2. The Morgan fingerprint density at radius 2 is 2.35 bits per heavy atom. The van der Waals surface area contributed by atoms with Crippen molar-refractivity contribution in [3.05, 3.63) is 23.8 Å². The van der Waals surface area contributed by atoms with E-state index < -0.39 is 16.8 Å². The molecule has 94 valence electrons. The van der Waals surface area contributed by atoms with Crippen LogP contribution in [0.25, 0.3) is 0 Å². The smallest absolute Gasteiger partial charge is 0.339 e. The Balaban J connectivity index is 2.63. The highest BCUT2D eigenvalue weighted by atomic mass is 32.2. The number of carbonyl (C=O) groups is 1. The second-order valence-electron chi connectivity index (χ2n) is 3.71. The summed E-state index contributed by atoms with van der Waals surface area (Å²) in [4.78, 5) is 18.5. The van der Waals surface area contributed by atoms with Crippen molar-refractivity contribution >= 4 is 16.8 Å². The molecule has 7 heteroatoms. The van der Waals surface area contributed by atoms with Crippen LogP contribution in [0.5, 0.6) is 0 Å². The second-order valence-corrected chi connectivity index (χ2v) is 5.19. The first kappa shape index (κ1) is 13.7. The summed E-state index contributed by atoms with van der Waals surface area (Å²) < 4.78 is 11.0. The fourth-order valence-corrected chi connectivity index (χ4v) is 2.18. The van der Waals surface area contributed by atoms with Gasteiger partial charge < -0.3 is 10.4 Å². The van der Waals surface area contributed by atoms with Crippen LogP contribution >= 0.6 is 0 Å². The highest BCUT2D eigenvalue weighted by Gasteiger charge is 2.12. The monoisotopic (exact) mass is 257 g/mol. The van der Waals surface area contributed by atoms with Crippen LogP contribution in [0.4, 0.5) is 0 Å². The molecule has 1 aromatic heterocycles. The van der Waals surface area contributed by atoms with Crippen molar-refractivity contribution in [3.63, 3.8) is 0 Å². The number of carboxylic acids is 1. The van der Waals surface area contributed by atoms with Crippen LogP contribution in [0.3, 0.4) is 0 Å². The van der Waals surface area contributed by atoms with Gasteiger partial charge in [0, 0.05) is 41.6 Å². The van der Waals surface area contributed by atoms with Crippen LogP contribution in [0, 0.1) is 0 Å². The van der Waals surface area contributed by atoms with Gasteiger partial charge in [-0.2, -0.15) is 0 Å². The normalized spacial score (nSPS) is 14.2. The third-order valence-corrected chi connectivity index (χ3v) is 3.10. The van der Waals surface area contributed by atoms with E-state index in [0.29, 0.717) is 18.0 Å². The Kier molecular flexibility index (Phi) is 5.17. The molecule has 0 radical (unpaired) electrons. The largest absolute Gasteiger partial charge is 0.478 e. The maximum absolute atomic E-state index is 11.0. The van der Waals surface area contributed by atoms with Crippen LogP contribution in [-0.4, -0.2) is 43.3 Å². The Hall–Kier alpha value is -1.34. The van der Waals surface area contributed by atoms with E-state index in [9.17, 15) is 9.00 Å². The van der Waals surface area contributed by atoms with Crippen molar-refractivity contribution in [1.82, 2.24) is 15.3 Å². The molecule has 2 N–H and O–H groups in total. The summed E-state index contributed by atoms with van der Waals surface area (Å²) in [5.74, 6) is -0.526. The Morgan fingerprint density at radius 3 is 2.94 bits per heavy atom. The van der Waals surface area contributed by atoms with Gasteiger partial charge in [0.1, 0.15) is 11.9 Å². The van der Waals surface area contributed by atoms with Crippen LogP contribution in [-0.2, 0) is 17.3 Å². The molecule has 1 aromatic rings. The highest BCUT2D eigenvalue weighted by molar-refractivity contribution is 7.84. The Labute approximate surface area is 102 Å². The molecule has 0 saturated heterocycles. The lowest BCUT2D eigenvalue weighted by atomic mass is 10.2. The van der Waals surface area contributed by atoms with Crippen LogP contribution < -0.4 is 5.32 Å². The van der Waals surface area contributed by atoms with E-state index in [-0.39, 0.29) is 11.6 Å². The molecular formula is C10H15N3O3S. The highest BCUT2D eigenvalue weighted by Crippen LogP contribution is 2.03. The summed E-state index contributed by atoms with van der Waals surface area (Å²) in [6, 6.07) is 0.0393. The minimum absolute atomic E-state index is 0.0393. The van der Waals surface area contributed by atoms with E-state index in [1.807, 2.05) is 6.92 Å². The van der Waals surface area contributed by atoms with E-state index in [0.717, 1.165) is 0 Å². The van der Waals surface area contributed by atoms with Crippen molar-refractivity contribution in [2.45, 2.75) is 19.5 Å². The van der Waals surface area contributed by atoms with Crippen molar-refractivity contribution in [3.8, 4) is 0 Å². The van der Waals surface area contributed by atoms with E-state index in [2.05, 4.69) is 15.3 Å². The van der Waals surface area contributed by atoms with Gasteiger partial charge in [0.05, 0.1) is 5.69 Å². The zero-order valence-electron chi connectivity index (χ0n) is 9.71. The molecule has 1 rings (SSSR count). The summed E-state index contributed by atoms with van der Waals surface area (Å²) in [7, 11) is -0.879. The molecule has 2 unspecified atom stereocenters. The number of hydrogen-bond acceptors (Lipinski definition) is 5. The lowest BCUT2D eigenvalue weighted by molar-refractivity contribution is 0.0694. The summed E-state index contributed by atoms with van der Waals surface area (Å²) in [6.45, 7) is 2.21. The van der Waals surface area contributed by atoms with Gasteiger partial charge in [-0.05, 0) is 6.92 Å². The van der Waals surface area contributed by atoms with E-state index in [4.69, 9.17) is 5.11 Å². The lowest BCUT2D eigenvalue weighted by Crippen LogP contribution is -2.31. The van der Waals surface area contributed by atoms with Gasteiger partial charge in [0.2, 0.25) is 0 Å². The molecule has 1 heterocycles. The van der Waals surface area contributed by atoms with Gasteiger partial charge >= 0.3 is 5.97 Å². The molecule has 0 fully saturated rings. The Bertz CT molecular complexity index is 425. The summed E-state index contributed by atoms with van der Waals surface area (Å²) in [6.07, 6.45) is 4.21. The molecule has 0 aliphatic heterocycles. The summed E-state index contributed by atoms with van der Waals surface area (Å²) >= 11 is 0. The third-order valence-electron chi connectivity index (χ3n) is 2.13. The molecule has 0 aliphatic rings. The van der Waals surface area contributed by atoms with Crippen LogP contribution in [0.2, 0.25) is 0 Å². The Morgan fingerprint density at radius 1 is 1.65 bits per heavy atom. The first-order valence-corrected chi connectivity index (χ1v) is 6.79. The first-order valence-electron chi connectivity index (χ1n) is 5.06. The number of aromatic carboxylic acids is 1. The van der Waals surface area contributed by atoms with E-state index in [1.165, 1.54) is 12.5 Å². The van der Waals surface area contributed by atoms with Gasteiger partial charge in [-0.25, -0.2) is 14.8 Å². The minimum Gasteiger partial charge on any atom is -0.478 e. The number of hydrogen-bond donors (Lipinski definition) is 2. The molecule has 0 aromatic carbocycles. The van der Waals surface area contributed by atoms with Gasteiger partial charge in [0.15, 0.2) is 0 Å². The number of carboxylic acid groups (broad SMARTS) is 1. The molecule has 0 aliphatic carbocycles. The third kappa shape index (κ3) is 4.58. The fourth-order valence-electron chi connectivity index (χ4n) is 1.36. The molecule has 0 bridgehead atoms. The number of nitrogens with one attached hydrogen (secondary N) is 1. The fraction of sp³-hybridized carbons (Fsp3) is 0.500. The molecule has 2 atom stereocenters. The van der Waals surface area contributed by atoms with Crippen molar-refractivity contribution in [1.29, 1.82) is 0 Å². The van der Waals surface area contributed by atoms with Gasteiger partial charge in [-0.3, -0.25) is 4.21 Å². The van der Waals surface area contributed by atoms with Crippen molar-refractivity contribution in [2.24, 2.45) is 0 Å². The molecule has 0 amide bonds. The maximum Gasteiger partial charge on any atom is 0.339 e.